The van der Waals surface area contributed by atoms with Crippen molar-refractivity contribution in [1.29, 1.82) is 0 Å². The maximum atomic E-state index is 5.47. The van der Waals surface area contributed by atoms with Gasteiger partial charge in [-0.2, -0.15) is 0 Å². The van der Waals surface area contributed by atoms with Crippen molar-refractivity contribution in [3.05, 3.63) is 60.4 Å². The van der Waals surface area contributed by atoms with Crippen LogP contribution in [-0.4, -0.2) is 4.98 Å². The summed E-state index contributed by atoms with van der Waals surface area (Å²) >= 11 is 0. The molecule has 96 valence electrons. The first-order valence-electron chi connectivity index (χ1n) is 6.58. The smallest absolute Gasteiger partial charge is 0.150 e. The van der Waals surface area contributed by atoms with E-state index in [1.54, 1.807) is 6.26 Å². The summed E-state index contributed by atoms with van der Waals surface area (Å²) in [6.45, 7) is 4.42. The predicted octanol–water partition coefficient (Wildman–Crippen LogP) is 5.07. The van der Waals surface area contributed by atoms with Crippen molar-refractivity contribution in [3.63, 3.8) is 0 Å². The molecule has 0 radical (unpaired) electrons. The zero-order valence-electron chi connectivity index (χ0n) is 11.2. The minimum atomic E-state index is 0.468. The van der Waals surface area contributed by atoms with E-state index in [2.05, 4.69) is 49.2 Å². The zero-order valence-corrected chi connectivity index (χ0v) is 11.2. The van der Waals surface area contributed by atoms with Gasteiger partial charge in [0, 0.05) is 5.69 Å². The Morgan fingerprint density at radius 3 is 2.42 bits per heavy atom. The lowest BCUT2D eigenvalue weighted by molar-refractivity contribution is 0.580. The van der Waals surface area contributed by atoms with Gasteiger partial charge in [-0.3, -0.25) is 0 Å². The lowest BCUT2D eigenvalue weighted by Gasteiger charge is -2.06. The van der Waals surface area contributed by atoms with Crippen molar-refractivity contribution in [1.82, 2.24) is 4.98 Å². The van der Waals surface area contributed by atoms with Crippen LogP contribution in [-0.2, 0) is 0 Å². The van der Waals surface area contributed by atoms with E-state index in [0.29, 0.717) is 5.92 Å². The number of furan rings is 1. The highest BCUT2D eigenvalue weighted by Gasteiger charge is 2.14. The molecule has 0 atom stereocenters. The van der Waals surface area contributed by atoms with Gasteiger partial charge < -0.3 is 9.40 Å². The van der Waals surface area contributed by atoms with Crippen LogP contribution in [0.15, 0.2) is 59.2 Å². The molecule has 0 aliphatic heterocycles. The average Bonchev–Trinajstić information content (AvgIpc) is 3.08. The molecule has 0 bridgehead atoms. The maximum absolute atomic E-state index is 5.47. The Kier molecular flexibility index (Phi) is 3.00. The summed E-state index contributed by atoms with van der Waals surface area (Å²) in [6.07, 6.45) is 1.70. The molecule has 0 saturated heterocycles. The Hall–Kier alpha value is -2.22. The van der Waals surface area contributed by atoms with Gasteiger partial charge >= 0.3 is 0 Å². The van der Waals surface area contributed by atoms with Gasteiger partial charge in [-0.1, -0.05) is 44.2 Å². The third-order valence-corrected chi connectivity index (χ3v) is 3.32. The van der Waals surface area contributed by atoms with Gasteiger partial charge in [0.1, 0.15) is 5.76 Å². The Balaban J connectivity index is 2.13. The fraction of sp³-hybridized carbons (Fsp3) is 0.176. The number of hydrogen-bond donors (Lipinski definition) is 1. The van der Waals surface area contributed by atoms with Crippen LogP contribution < -0.4 is 0 Å². The van der Waals surface area contributed by atoms with Crippen molar-refractivity contribution in [2.45, 2.75) is 19.8 Å². The highest BCUT2D eigenvalue weighted by atomic mass is 16.3. The molecule has 0 aliphatic rings. The normalized spacial score (nSPS) is 11.1. The Bertz CT molecular complexity index is 648. The van der Waals surface area contributed by atoms with Crippen LogP contribution in [0.5, 0.6) is 0 Å². The van der Waals surface area contributed by atoms with E-state index in [-0.39, 0.29) is 0 Å². The summed E-state index contributed by atoms with van der Waals surface area (Å²) in [4.78, 5) is 3.49. The number of nitrogens with one attached hydrogen (secondary N) is 1. The molecule has 2 nitrogen and oxygen atoms in total. The zero-order chi connectivity index (χ0) is 13.2. The summed E-state index contributed by atoms with van der Waals surface area (Å²) in [6, 6.07) is 16.5. The van der Waals surface area contributed by atoms with Crippen LogP contribution in [0.3, 0.4) is 0 Å². The number of H-pyrrole nitrogens is 1. The lowest BCUT2D eigenvalue weighted by Crippen LogP contribution is -1.88. The van der Waals surface area contributed by atoms with Crippen LogP contribution in [0.25, 0.3) is 22.7 Å². The van der Waals surface area contributed by atoms with Gasteiger partial charge in [-0.25, -0.2) is 0 Å². The molecule has 0 saturated carbocycles. The Morgan fingerprint density at radius 2 is 1.79 bits per heavy atom. The monoisotopic (exact) mass is 251 g/mol. The fourth-order valence-electron chi connectivity index (χ4n) is 2.33. The van der Waals surface area contributed by atoms with E-state index < -0.39 is 0 Å². The largest absolute Gasteiger partial charge is 0.463 e. The van der Waals surface area contributed by atoms with E-state index in [4.69, 9.17) is 4.42 Å². The van der Waals surface area contributed by atoms with Crippen LogP contribution in [0.1, 0.15) is 25.3 Å². The highest BCUT2D eigenvalue weighted by molar-refractivity contribution is 5.70. The number of hydrogen-bond acceptors (Lipinski definition) is 1. The van der Waals surface area contributed by atoms with E-state index in [1.165, 1.54) is 16.8 Å². The summed E-state index contributed by atoms with van der Waals surface area (Å²) in [7, 11) is 0. The second-order valence-electron chi connectivity index (χ2n) is 5.01. The molecule has 19 heavy (non-hydrogen) atoms. The van der Waals surface area contributed by atoms with Gasteiger partial charge in [0.25, 0.3) is 0 Å². The minimum Gasteiger partial charge on any atom is -0.463 e. The molecule has 2 aromatic heterocycles. The van der Waals surface area contributed by atoms with Gasteiger partial charge in [0.05, 0.1) is 12.0 Å². The molecular formula is C17H17NO. The fourth-order valence-corrected chi connectivity index (χ4v) is 2.33. The van der Waals surface area contributed by atoms with E-state index >= 15 is 0 Å². The molecule has 0 unspecified atom stereocenters. The molecule has 0 fully saturated rings. The number of aromatic nitrogens is 1. The van der Waals surface area contributed by atoms with Crippen molar-refractivity contribution >= 4 is 0 Å². The Morgan fingerprint density at radius 1 is 1.00 bits per heavy atom. The van der Waals surface area contributed by atoms with E-state index in [9.17, 15) is 0 Å². The molecule has 2 heterocycles. The third-order valence-electron chi connectivity index (χ3n) is 3.32. The van der Waals surface area contributed by atoms with Gasteiger partial charge in [-0.05, 0) is 35.2 Å². The topological polar surface area (TPSA) is 28.9 Å². The van der Waals surface area contributed by atoms with Gasteiger partial charge in [-0.15, -0.1) is 0 Å². The van der Waals surface area contributed by atoms with Crippen molar-refractivity contribution in [3.8, 4) is 22.7 Å². The molecule has 1 N–H and O–H groups in total. The van der Waals surface area contributed by atoms with Crippen molar-refractivity contribution in [2.75, 3.05) is 0 Å². The number of benzene rings is 1. The molecule has 0 amide bonds. The van der Waals surface area contributed by atoms with E-state index in [0.717, 1.165) is 11.5 Å². The average molecular weight is 251 g/mol. The van der Waals surface area contributed by atoms with E-state index in [1.807, 2.05) is 18.2 Å². The first-order valence-corrected chi connectivity index (χ1v) is 6.58. The Labute approximate surface area is 113 Å². The van der Waals surface area contributed by atoms with Crippen LogP contribution >= 0.6 is 0 Å². The maximum Gasteiger partial charge on any atom is 0.150 e. The molecule has 3 aromatic rings. The second kappa shape index (κ2) is 4.81. The predicted molar refractivity (Wildman–Crippen MR) is 78.0 cm³/mol. The third kappa shape index (κ3) is 2.22. The lowest BCUT2D eigenvalue weighted by atomic mass is 9.99. The quantitative estimate of drug-likeness (QED) is 0.692. The number of aromatic amines is 1. The molecule has 0 spiro atoms. The standard InChI is InChI=1S/C17H17NO/c1-12(2)14-11-15(16-9-6-10-19-16)18-17(14)13-7-4-3-5-8-13/h3-12,18H,1-2H3. The van der Waals surface area contributed by atoms with Crippen LogP contribution in [0, 0.1) is 0 Å². The van der Waals surface area contributed by atoms with Crippen LogP contribution in [0.2, 0.25) is 0 Å². The molecule has 0 aliphatic carbocycles. The van der Waals surface area contributed by atoms with Gasteiger partial charge in [0.15, 0.2) is 0 Å². The first-order chi connectivity index (χ1) is 9.25. The molecular weight excluding hydrogens is 234 g/mol. The van der Waals surface area contributed by atoms with Gasteiger partial charge in [0.2, 0.25) is 0 Å². The minimum absolute atomic E-state index is 0.468. The first kappa shape index (κ1) is 11.8. The molecule has 2 heteroatoms. The highest BCUT2D eigenvalue weighted by Crippen LogP contribution is 2.33. The van der Waals surface area contributed by atoms with Crippen LogP contribution in [0.4, 0.5) is 0 Å². The summed E-state index contributed by atoms with van der Waals surface area (Å²) in [5.74, 6) is 1.35. The summed E-state index contributed by atoms with van der Waals surface area (Å²) in [5, 5.41) is 0. The van der Waals surface area contributed by atoms with Crippen molar-refractivity contribution < 1.29 is 4.42 Å². The number of rotatable bonds is 3. The second-order valence-corrected chi connectivity index (χ2v) is 5.01. The summed E-state index contributed by atoms with van der Waals surface area (Å²) < 4.78 is 5.47. The van der Waals surface area contributed by atoms with Crippen molar-refractivity contribution in [2.24, 2.45) is 0 Å². The summed E-state index contributed by atoms with van der Waals surface area (Å²) in [5.41, 5.74) is 4.75. The molecule has 3 rings (SSSR count). The molecule has 1 aromatic carbocycles. The SMILES string of the molecule is CC(C)c1cc(-c2ccco2)[nH]c1-c1ccccc1.